The van der Waals surface area contributed by atoms with E-state index >= 15 is 0 Å². The zero-order chi connectivity index (χ0) is 11.5. The third-order valence-electron chi connectivity index (χ3n) is 1.74. The molecule has 0 saturated heterocycles. The van der Waals surface area contributed by atoms with Gasteiger partial charge in [0, 0.05) is 13.6 Å². The minimum absolute atomic E-state index is 0.184. The minimum Gasteiger partial charge on any atom is -0.206 e. The maximum atomic E-state index is 11.8. The van der Waals surface area contributed by atoms with Gasteiger partial charge in [-0.25, -0.2) is 8.42 Å². The zero-order valence-electron chi connectivity index (χ0n) is 8.17. The second kappa shape index (κ2) is 4.57. The molecule has 0 amide bonds. The molecule has 4 nitrogen and oxygen atoms in total. The second-order valence-corrected chi connectivity index (χ2v) is 6.16. The minimum atomic E-state index is -3.46. The summed E-state index contributed by atoms with van der Waals surface area (Å²) in [5, 5.41) is 8.59. The fourth-order valence-corrected chi connectivity index (χ4v) is 3.41. The van der Waals surface area contributed by atoms with Gasteiger partial charge in [0.15, 0.2) is 0 Å². The van der Waals surface area contributed by atoms with E-state index in [2.05, 4.69) is 6.58 Å². The van der Waals surface area contributed by atoms with Crippen molar-refractivity contribution >= 4 is 21.4 Å². The molecule has 0 aliphatic rings. The van der Waals surface area contributed by atoms with Crippen LogP contribution in [0.25, 0.3) is 0 Å². The van der Waals surface area contributed by atoms with E-state index in [1.165, 1.54) is 29.6 Å². The zero-order valence-corrected chi connectivity index (χ0v) is 9.81. The van der Waals surface area contributed by atoms with Crippen LogP contribution < -0.4 is 0 Å². The summed E-state index contributed by atoms with van der Waals surface area (Å²) in [6.45, 7) is 3.73. The first kappa shape index (κ1) is 11.9. The molecule has 0 radical (unpaired) electrons. The number of rotatable bonds is 4. The lowest BCUT2D eigenvalue weighted by Crippen LogP contribution is -2.26. The van der Waals surface area contributed by atoms with Crippen molar-refractivity contribution in [2.75, 3.05) is 13.6 Å². The predicted molar refractivity (Wildman–Crippen MR) is 59.0 cm³/mol. The highest BCUT2D eigenvalue weighted by Gasteiger charge is 2.21. The van der Waals surface area contributed by atoms with Crippen molar-refractivity contribution in [3.8, 4) is 6.07 Å². The van der Waals surface area contributed by atoms with Crippen molar-refractivity contribution < 1.29 is 8.42 Å². The summed E-state index contributed by atoms with van der Waals surface area (Å²) in [4.78, 5) is 0.389. The number of sulfonamides is 1. The molecule has 1 aromatic heterocycles. The Labute approximate surface area is 93.1 Å². The van der Waals surface area contributed by atoms with Gasteiger partial charge in [0.1, 0.15) is 15.2 Å². The standard InChI is InChI=1S/C9H10N2O2S2/c1-3-6-11(2)15(12,13)9-5-4-8(7-10)14-9/h3-5H,1,6H2,2H3. The van der Waals surface area contributed by atoms with E-state index in [-0.39, 0.29) is 10.8 Å². The number of likely N-dealkylation sites (N-methyl/N-ethyl adjacent to an activating group) is 1. The average molecular weight is 242 g/mol. The molecule has 0 aliphatic heterocycles. The normalized spacial score (nSPS) is 11.3. The number of nitriles is 1. The first-order valence-electron chi connectivity index (χ1n) is 4.09. The van der Waals surface area contributed by atoms with Gasteiger partial charge in [-0.2, -0.15) is 9.57 Å². The van der Waals surface area contributed by atoms with Gasteiger partial charge in [-0.15, -0.1) is 17.9 Å². The van der Waals surface area contributed by atoms with Gasteiger partial charge in [-0.3, -0.25) is 0 Å². The molecule has 80 valence electrons. The van der Waals surface area contributed by atoms with Crippen molar-refractivity contribution in [3.63, 3.8) is 0 Å². The topological polar surface area (TPSA) is 61.2 Å². The number of hydrogen-bond acceptors (Lipinski definition) is 4. The molecular weight excluding hydrogens is 232 g/mol. The molecular formula is C9H10N2O2S2. The largest absolute Gasteiger partial charge is 0.252 e. The maximum absolute atomic E-state index is 11.8. The first-order valence-corrected chi connectivity index (χ1v) is 6.35. The van der Waals surface area contributed by atoms with E-state index in [1.807, 2.05) is 6.07 Å². The van der Waals surface area contributed by atoms with Crippen LogP contribution in [0.2, 0.25) is 0 Å². The molecule has 0 bridgehead atoms. The summed E-state index contributed by atoms with van der Waals surface area (Å²) in [5.74, 6) is 0. The Bertz CT molecular complexity index is 496. The average Bonchev–Trinajstić information content (AvgIpc) is 2.66. The molecule has 0 atom stereocenters. The van der Waals surface area contributed by atoms with E-state index in [1.54, 1.807) is 0 Å². The number of hydrogen-bond donors (Lipinski definition) is 0. The number of nitrogens with zero attached hydrogens (tertiary/aromatic N) is 2. The SMILES string of the molecule is C=CCN(C)S(=O)(=O)c1ccc(C#N)s1. The molecule has 1 heterocycles. The fourth-order valence-electron chi connectivity index (χ4n) is 0.952. The Hall–Kier alpha value is -1.16. The molecule has 0 saturated carbocycles. The molecule has 0 N–H and O–H groups in total. The summed E-state index contributed by atoms with van der Waals surface area (Å²) in [7, 11) is -1.99. The first-order chi connectivity index (χ1) is 7.02. The van der Waals surface area contributed by atoms with Gasteiger partial charge in [0.2, 0.25) is 0 Å². The fraction of sp³-hybridized carbons (Fsp3) is 0.222. The third kappa shape index (κ3) is 2.45. The van der Waals surface area contributed by atoms with E-state index < -0.39 is 10.0 Å². The van der Waals surface area contributed by atoms with Crippen molar-refractivity contribution in [1.29, 1.82) is 5.26 Å². The van der Waals surface area contributed by atoms with E-state index in [0.29, 0.717) is 4.88 Å². The lowest BCUT2D eigenvalue weighted by molar-refractivity contribution is 0.501. The summed E-state index contributed by atoms with van der Waals surface area (Å²) in [5.41, 5.74) is 0. The Kier molecular flexibility index (Phi) is 3.63. The van der Waals surface area contributed by atoms with Crippen LogP contribution >= 0.6 is 11.3 Å². The smallest absolute Gasteiger partial charge is 0.206 e. The van der Waals surface area contributed by atoms with Gasteiger partial charge in [0.05, 0.1) is 0 Å². The molecule has 0 fully saturated rings. The Morgan fingerprint density at radius 1 is 1.67 bits per heavy atom. The Balaban J connectivity index is 3.06. The summed E-state index contributed by atoms with van der Waals surface area (Å²) in [6, 6.07) is 4.85. The van der Waals surface area contributed by atoms with E-state index in [9.17, 15) is 8.42 Å². The third-order valence-corrected chi connectivity index (χ3v) is 5.02. The van der Waals surface area contributed by atoms with Crippen LogP contribution in [0.15, 0.2) is 29.0 Å². The van der Waals surface area contributed by atoms with Gasteiger partial charge in [0.25, 0.3) is 10.0 Å². The molecule has 0 spiro atoms. The van der Waals surface area contributed by atoms with Crippen LogP contribution in [-0.2, 0) is 10.0 Å². The lowest BCUT2D eigenvalue weighted by atomic mass is 10.5. The molecule has 15 heavy (non-hydrogen) atoms. The maximum Gasteiger partial charge on any atom is 0.252 e. The van der Waals surface area contributed by atoms with Gasteiger partial charge in [-0.1, -0.05) is 6.08 Å². The van der Waals surface area contributed by atoms with Crippen LogP contribution in [0.3, 0.4) is 0 Å². The highest BCUT2D eigenvalue weighted by Crippen LogP contribution is 2.23. The highest BCUT2D eigenvalue weighted by atomic mass is 32.2. The molecule has 6 heteroatoms. The lowest BCUT2D eigenvalue weighted by Gasteiger charge is -2.12. The van der Waals surface area contributed by atoms with Gasteiger partial charge >= 0.3 is 0 Å². The van der Waals surface area contributed by atoms with Crippen LogP contribution in [-0.4, -0.2) is 26.3 Å². The highest BCUT2D eigenvalue weighted by molar-refractivity contribution is 7.91. The Morgan fingerprint density at radius 3 is 2.80 bits per heavy atom. The molecule has 0 aromatic carbocycles. The van der Waals surface area contributed by atoms with Crippen molar-refractivity contribution in [2.24, 2.45) is 0 Å². The molecule has 1 rings (SSSR count). The monoisotopic (exact) mass is 242 g/mol. The van der Waals surface area contributed by atoms with Crippen LogP contribution in [0, 0.1) is 11.3 Å². The van der Waals surface area contributed by atoms with E-state index in [4.69, 9.17) is 5.26 Å². The van der Waals surface area contributed by atoms with Crippen LogP contribution in [0.1, 0.15) is 4.88 Å². The van der Waals surface area contributed by atoms with Crippen LogP contribution in [0.5, 0.6) is 0 Å². The summed E-state index contributed by atoms with van der Waals surface area (Å²) < 4.78 is 25.0. The van der Waals surface area contributed by atoms with Crippen LogP contribution in [0.4, 0.5) is 0 Å². The van der Waals surface area contributed by atoms with Gasteiger partial charge < -0.3 is 0 Å². The predicted octanol–water partition coefficient (Wildman–Crippen LogP) is 1.43. The Morgan fingerprint density at radius 2 is 2.33 bits per heavy atom. The van der Waals surface area contributed by atoms with Crippen molar-refractivity contribution in [3.05, 3.63) is 29.7 Å². The van der Waals surface area contributed by atoms with E-state index in [0.717, 1.165) is 11.3 Å². The second-order valence-electron chi connectivity index (χ2n) is 2.80. The molecule has 0 unspecified atom stereocenters. The molecule has 0 aliphatic carbocycles. The number of thiophene rings is 1. The van der Waals surface area contributed by atoms with Gasteiger partial charge in [-0.05, 0) is 12.1 Å². The summed E-state index contributed by atoms with van der Waals surface area (Å²) >= 11 is 0.969. The quantitative estimate of drug-likeness (QED) is 0.750. The summed E-state index contributed by atoms with van der Waals surface area (Å²) in [6.07, 6.45) is 1.51. The van der Waals surface area contributed by atoms with Crippen molar-refractivity contribution in [1.82, 2.24) is 4.31 Å². The molecule has 1 aromatic rings. The van der Waals surface area contributed by atoms with Crippen molar-refractivity contribution in [2.45, 2.75) is 4.21 Å².